The van der Waals surface area contributed by atoms with Gasteiger partial charge in [-0.1, -0.05) is 25.8 Å². The molecule has 136 valence electrons. The van der Waals surface area contributed by atoms with Gasteiger partial charge in [0.25, 0.3) is 0 Å². The summed E-state index contributed by atoms with van der Waals surface area (Å²) in [5.74, 6) is 1.98. The monoisotopic (exact) mass is 331 g/mol. The number of hydrogen-bond acceptors (Lipinski definition) is 2. The van der Waals surface area contributed by atoms with Crippen molar-refractivity contribution in [1.29, 1.82) is 0 Å². The topological polar surface area (TPSA) is 29.1 Å². The molecule has 0 aromatic rings. The van der Waals surface area contributed by atoms with Crippen molar-refractivity contribution in [1.82, 2.24) is 5.32 Å². The molecule has 3 rings (SSSR count). The van der Waals surface area contributed by atoms with Gasteiger partial charge >= 0.3 is 0 Å². The first kappa shape index (κ1) is 18.2. The standard InChI is InChI=1S/C22H37NO/c1-16(23-4)20-9-6-12-21(20,2)13-10-17-7-5-8-18-15-19(24)11-14-22(17,18)3/h15-17,20,23H,5-14H2,1-4H3. The largest absolute Gasteiger partial charge is 0.317 e. The van der Waals surface area contributed by atoms with Crippen molar-refractivity contribution in [3.63, 3.8) is 0 Å². The van der Waals surface area contributed by atoms with Gasteiger partial charge in [0, 0.05) is 12.5 Å². The maximum Gasteiger partial charge on any atom is 0.155 e. The van der Waals surface area contributed by atoms with E-state index >= 15 is 0 Å². The molecule has 0 spiro atoms. The maximum absolute atomic E-state index is 11.9. The Morgan fingerprint density at radius 1 is 1.21 bits per heavy atom. The van der Waals surface area contributed by atoms with E-state index in [-0.39, 0.29) is 0 Å². The molecule has 2 fully saturated rings. The number of carbonyl (C=O) groups is 1. The van der Waals surface area contributed by atoms with Gasteiger partial charge in [-0.05, 0) is 94.1 Å². The summed E-state index contributed by atoms with van der Waals surface area (Å²) in [6.45, 7) is 7.37. The highest BCUT2D eigenvalue weighted by atomic mass is 16.1. The van der Waals surface area contributed by atoms with E-state index in [4.69, 9.17) is 0 Å². The second kappa shape index (κ2) is 6.94. The summed E-state index contributed by atoms with van der Waals surface area (Å²) < 4.78 is 0. The van der Waals surface area contributed by atoms with E-state index in [1.165, 1.54) is 50.5 Å². The van der Waals surface area contributed by atoms with Gasteiger partial charge in [0.15, 0.2) is 5.78 Å². The number of ketones is 1. The number of fused-ring (bicyclic) bond motifs is 1. The van der Waals surface area contributed by atoms with Gasteiger partial charge in [-0.25, -0.2) is 0 Å². The van der Waals surface area contributed by atoms with Gasteiger partial charge in [-0.15, -0.1) is 0 Å². The molecule has 2 saturated carbocycles. The summed E-state index contributed by atoms with van der Waals surface area (Å²) >= 11 is 0. The molecule has 2 nitrogen and oxygen atoms in total. The zero-order valence-corrected chi connectivity index (χ0v) is 16.3. The highest BCUT2D eigenvalue weighted by Gasteiger charge is 2.45. The van der Waals surface area contributed by atoms with Gasteiger partial charge in [0.05, 0.1) is 0 Å². The van der Waals surface area contributed by atoms with Crippen LogP contribution in [0.25, 0.3) is 0 Å². The summed E-state index contributed by atoms with van der Waals surface area (Å²) in [6, 6.07) is 0.627. The molecule has 0 bridgehead atoms. The Morgan fingerprint density at radius 2 is 2.00 bits per heavy atom. The Hall–Kier alpha value is -0.630. The van der Waals surface area contributed by atoms with Crippen LogP contribution in [0.1, 0.15) is 85.0 Å². The minimum absolute atomic E-state index is 0.311. The molecule has 0 saturated heterocycles. The lowest BCUT2D eigenvalue weighted by Crippen LogP contribution is -2.40. The lowest BCUT2D eigenvalue weighted by atomic mass is 9.57. The van der Waals surface area contributed by atoms with Crippen molar-refractivity contribution >= 4 is 5.78 Å². The van der Waals surface area contributed by atoms with Crippen LogP contribution < -0.4 is 5.32 Å². The van der Waals surface area contributed by atoms with Crippen LogP contribution in [-0.4, -0.2) is 18.9 Å². The summed E-state index contributed by atoms with van der Waals surface area (Å²) in [5.41, 5.74) is 2.29. The Morgan fingerprint density at radius 3 is 2.75 bits per heavy atom. The summed E-state index contributed by atoms with van der Waals surface area (Å²) in [7, 11) is 2.11. The molecule has 3 aliphatic rings. The molecule has 0 radical (unpaired) electrons. The molecular formula is C22H37NO. The molecule has 0 aliphatic heterocycles. The fourth-order valence-corrected chi connectivity index (χ4v) is 6.25. The first-order valence-electron chi connectivity index (χ1n) is 10.3. The molecule has 1 N–H and O–H groups in total. The number of rotatable bonds is 5. The smallest absolute Gasteiger partial charge is 0.155 e. The molecule has 0 aromatic carbocycles. The van der Waals surface area contributed by atoms with Gasteiger partial charge in [0.1, 0.15) is 0 Å². The molecule has 2 heteroatoms. The minimum atomic E-state index is 0.311. The molecule has 24 heavy (non-hydrogen) atoms. The minimum Gasteiger partial charge on any atom is -0.317 e. The number of nitrogens with one attached hydrogen (secondary N) is 1. The van der Waals surface area contributed by atoms with Crippen molar-refractivity contribution < 1.29 is 4.79 Å². The average molecular weight is 332 g/mol. The van der Waals surface area contributed by atoms with Crippen molar-refractivity contribution in [3.05, 3.63) is 11.6 Å². The SMILES string of the molecule is CNC(C)C1CCCC1(C)CCC1CCCC2=CC(=O)CCC21C. The third-order valence-electron chi connectivity index (χ3n) is 8.14. The van der Waals surface area contributed by atoms with Crippen molar-refractivity contribution in [2.45, 2.75) is 91.0 Å². The van der Waals surface area contributed by atoms with Gasteiger partial charge < -0.3 is 5.32 Å². The van der Waals surface area contributed by atoms with Crippen LogP contribution in [0.2, 0.25) is 0 Å². The predicted molar refractivity (Wildman–Crippen MR) is 101 cm³/mol. The van der Waals surface area contributed by atoms with Gasteiger partial charge in [-0.3, -0.25) is 4.79 Å². The third kappa shape index (κ3) is 3.23. The van der Waals surface area contributed by atoms with E-state index in [1.54, 1.807) is 0 Å². The van der Waals surface area contributed by atoms with Crippen LogP contribution in [0.15, 0.2) is 11.6 Å². The zero-order chi connectivity index (χ0) is 17.4. The molecule has 0 aromatic heterocycles. The maximum atomic E-state index is 11.9. The summed E-state index contributed by atoms with van der Waals surface area (Å²) in [5, 5.41) is 3.51. The van der Waals surface area contributed by atoms with Gasteiger partial charge in [0.2, 0.25) is 0 Å². The molecule has 0 amide bonds. The van der Waals surface area contributed by atoms with E-state index in [9.17, 15) is 4.79 Å². The molecule has 0 heterocycles. The van der Waals surface area contributed by atoms with Crippen LogP contribution in [-0.2, 0) is 4.79 Å². The number of allylic oxidation sites excluding steroid dienone is 2. The Bertz CT molecular complexity index is 510. The second-order valence-corrected chi connectivity index (χ2v) is 9.41. The number of hydrogen-bond donors (Lipinski definition) is 1. The second-order valence-electron chi connectivity index (χ2n) is 9.41. The Labute approximate surface area is 148 Å². The Kier molecular flexibility index (Phi) is 5.25. The fraction of sp³-hybridized carbons (Fsp3) is 0.864. The summed E-state index contributed by atoms with van der Waals surface area (Å²) in [4.78, 5) is 11.9. The highest BCUT2D eigenvalue weighted by Crippen LogP contribution is 2.55. The normalized spacial score (nSPS) is 41.0. The van der Waals surface area contributed by atoms with Crippen molar-refractivity contribution in [2.24, 2.45) is 22.7 Å². The average Bonchev–Trinajstić information content (AvgIpc) is 2.95. The summed E-state index contributed by atoms with van der Waals surface area (Å²) in [6.07, 6.45) is 14.6. The first-order valence-corrected chi connectivity index (χ1v) is 10.3. The Balaban J connectivity index is 1.69. The van der Waals surface area contributed by atoms with E-state index < -0.39 is 0 Å². The van der Waals surface area contributed by atoms with Crippen LogP contribution in [0.3, 0.4) is 0 Å². The predicted octanol–water partition coefficient (Wildman–Crippen LogP) is 5.28. The molecular weight excluding hydrogens is 294 g/mol. The molecule has 5 unspecified atom stereocenters. The van der Waals surface area contributed by atoms with E-state index in [0.29, 0.717) is 22.7 Å². The van der Waals surface area contributed by atoms with E-state index in [1.807, 2.05) is 6.08 Å². The van der Waals surface area contributed by atoms with Crippen LogP contribution in [0, 0.1) is 22.7 Å². The molecule has 5 atom stereocenters. The first-order chi connectivity index (χ1) is 11.4. The zero-order valence-electron chi connectivity index (χ0n) is 16.3. The lowest BCUT2D eigenvalue weighted by molar-refractivity contribution is -0.116. The van der Waals surface area contributed by atoms with Crippen molar-refractivity contribution in [2.75, 3.05) is 7.05 Å². The quantitative estimate of drug-likeness (QED) is 0.743. The van der Waals surface area contributed by atoms with Crippen LogP contribution >= 0.6 is 0 Å². The van der Waals surface area contributed by atoms with Crippen LogP contribution in [0.4, 0.5) is 0 Å². The fourth-order valence-electron chi connectivity index (χ4n) is 6.25. The number of carbonyl (C=O) groups excluding carboxylic acids is 1. The van der Waals surface area contributed by atoms with Crippen molar-refractivity contribution in [3.8, 4) is 0 Å². The lowest BCUT2D eigenvalue weighted by Gasteiger charge is -2.47. The van der Waals surface area contributed by atoms with E-state index in [2.05, 4.69) is 33.1 Å². The highest BCUT2D eigenvalue weighted by molar-refractivity contribution is 5.91. The molecule has 3 aliphatic carbocycles. The third-order valence-corrected chi connectivity index (χ3v) is 8.14. The van der Waals surface area contributed by atoms with Crippen LogP contribution in [0.5, 0.6) is 0 Å². The van der Waals surface area contributed by atoms with E-state index in [0.717, 1.165) is 31.1 Å². The van der Waals surface area contributed by atoms with Gasteiger partial charge in [-0.2, -0.15) is 0 Å².